The number of nitrogens with zero attached hydrogens (tertiary/aromatic N) is 1. The molecule has 0 radical (unpaired) electrons. The summed E-state index contributed by atoms with van der Waals surface area (Å²) in [4.78, 5) is 23.4. The van der Waals surface area contributed by atoms with Crippen molar-refractivity contribution in [2.75, 3.05) is 11.9 Å². The first-order valence-electron chi connectivity index (χ1n) is 7.18. The predicted molar refractivity (Wildman–Crippen MR) is 86.3 cm³/mol. The summed E-state index contributed by atoms with van der Waals surface area (Å²) in [5.41, 5.74) is 1.64. The second-order valence-corrected chi connectivity index (χ2v) is 4.83. The maximum atomic E-state index is 11.8. The molecule has 5 nitrogen and oxygen atoms in total. The molecule has 0 saturated carbocycles. The number of carbonyl (C=O) groups is 2. The van der Waals surface area contributed by atoms with Crippen LogP contribution in [0.5, 0.6) is 5.75 Å². The van der Waals surface area contributed by atoms with E-state index >= 15 is 0 Å². The van der Waals surface area contributed by atoms with E-state index in [0.717, 1.165) is 0 Å². The number of hydrogen-bond donors (Lipinski definition) is 1. The molecule has 2 aromatic carbocycles. The molecule has 0 aliphatic rings. The van der Waals surface area contributed by atoms with Gasteiger partial charge in [0.2, 0.25) is 0 Å². The van der Waals surface area contributed by atoms with Gasteiger partial charge in [-0.3, -0.25) is 9.59 Å². The summed E-state index contributed by atoms with van der Waals surface area (Å²) in [7, 11) is 0. The summed E-state index contributed by atoms with van der Waals surface area (Å²) in [5.74, 6) is 0.249. The highest BCUT2D eigenvalue weighted by Gasteiger charge is 2.06. The lowest BCUT2D eigenvalue weighted by atomic mass is 10.1. The summed E-state index contributed by atoms with van der Waals surface area (Å²) in [6.45, 7) is 1.65. The topological polar surface area (TPSA) is 79.2 Å². The molecule has 0 aromatic heterocycles. The number of nitriles is 1. The van der Waals surface area contributed by atoms with Gasteiger partial charge >= 0.3 is 0 Å². The van der Waals surface area contributed by atoms with Crippen LogP contribution in [0.2, 0.25) is 0 Å². The number of benzene rings is 2. The van der Waals surface area contributed by atoms with Crippen LogP contribution >= 0.6 is 0 Å². The molecule has 0 atom stereocenters. The highest BCUT2D eigenvalue weighted by molar-refractivity contribution is 5.96. The van der Waals surface area contributed by atoms with Crippen LogP contribution in [0.25, 0.3) is 0 Å². The van der Waals surface area contributed by atoms with Crippen LogP contribution in [0.15, 0.2) is 48.5 Å². The molecule has 0 saturated heterocycles. The van der Waals surface area contributed by atoms with E-state index in [4.69, 9.17) is 10.00 Å². The lowest BCUT2D eigenvalue weighted by Gasteiger charge is -2.08. The van der Waals surface area contributed by atoms with Crippen molar-refractivity contribution in [3.63, 3.8) is 0 Å². The molecule has 0 fully saturated rings. The smallest absolute Gasteiger partial charge is 0.262 e. The van der Waals surface area contributed by atoms with Gasteiger partial charge in [-0.25, -0.2) is 0 Å². The van der Waals surface area contributed by atoms with Gasteiger partial charge in [0.05, 0.1) is 11.6 Å². The third-order valence-corrected chi connectivity index (χ3v) is 3.14. The van der Waals surface area contributed by atoms with Crippen molar-refractivity contribution < 1.29 is 14.3 Å². The SMILES string of the molecule is CCC(=O)c1ccc(OCC(=O)Nc2cccc(C#N)c2)cc1. The van der Waals surface area contributed by atoms with Gasteiger partial charge in [0, 0.05) is 17.7 Å². The van der Waals surface area contributed by atoms with Gasteiger partial charge in [-0.15, -0.1) is 0 Å². The van der Waals surface area contributed by atoms with Crippen molar-refractivity contribution in [2.45, 2.75) is 13.3 Å². The van der Waals surface area contributed by atoms with E-state index < -0.39 is 0 Å². The van der Waals surface area contributed by atoms with Crippen molar-refractivity contribution >= 4 is 17.4 Å². The Kier molecular flexibility index (Phi) is 5.48. The number of hydrogen-bond acceptors (Lipinski definition) is 4. The van der Waals surface area contributed by atoms with Gasteiger partial charge in [-0.2, -0.15) is 5.26 Å². The molecule has 0 spiro atoms. The van der Waals surface area contributed by atoms with E-state index in [0.29, 0.717) is 29.0 Å². The van der Waals surface area contributed by atoms with Crippen LogP contribution in [0.3, 0.4) is 0 Å². The van der Waals surface area contributed by atoms with Gasteiger partial charge in [0.1, 0.15) is 5.75 Å². The molecule has 5 heteroatoms. The quantitative estimate of drug-likeness (QED) is 0.831. The monoisotopic (exact) mass is 308 g/mol. The molecule has 0 heterocycles. The maximum absolute atomic E-state index is 11.8. The van der Waals surface area contributed by atoms with E-state index in [1.54, 1.807) is 55.5 Å². The van der Waals surface area contributed by atoms with E-state index in [9.17, 15) is 9.59 Å². The molecule has 0 unspecified atom stereocenters. The largest absolute Gasteiger partial charge is 0.484 e. The minimum atomic E-state index is -0.325. The number of amides is 1. The standard InChI is InChI=1S/C18H16N2O3/c1-2-17(21)14-6-8-16(9-7-14)23-12-18(22)20-15-5-3-4-13(10-15)11-19/h3-10H,2,12H2,1H3,(H,20,22). The molecule has 0 aliphatic heterocycles. The molecule has 0 aliphatic carbocycles. The molecule has 2 rings (SSSR count). The minimum absolute atomic E-state index is 0.0617. The average molecular weight is 308 g/mol. The van der Waals surface area contributed by atoms with Crippen molar-refractivity contribution in [3.8, 4) is 11.8 Å². The fourth-order valence-corrected chi connectivity index (χ4v) is 1.95. The van der Waals surface area contributed by atoms with Crippen LogP contribution in [0.4, 0.5) is 5.69 Å². The predicted octanol–water partition coefficient (Wildman–Crippen LogP) is 3.17. The third kappa shape index (κ3) is 4.68. The molecule has 1 amide bonds. The zero-order valence-electron chi connectivity index (χ0n) is 12.7. The highest BCUT2D eigenvalue weighted by atomic mass is 16.5. The fourth-order valence-electron chi connectivity index (χ4n) is 1.95. The van der Waals surface area contributed by atoms with Gasteiger partial charge in [-0.05, 0) is 42.5 Å². The Labute approximate surface area is 134 Å². The van der Waals surface area contributed by atoms with E-state index in [1.807, 2.05) is 6.07 Å². The molecule has 0 bridgehead atoms. The first kappa shape index (κ1) is 16.2. The molecular formula is C18H16N2O3. The number of carbonyl (C=O) groups excluding carboxylic acids is 2. The Bertz CT molecular complexity index is 746. The average Bonchev–Trinajstić information content (AvgIpc) is 2.60. The summed E-state index contributed by atoms with van der Waals surface area (Å²) in [6, 6.07) is 15.3. The molecule has 2 aromatic rings. The Morgan fingerprint density at radius 1 is 1.17 bits per heavy atom. The number of ether oxygens (including phenoxy) is 1. The lowest BCUT2D eigenvalue weighted by Crippen LogP contribution is -2.20. The first-order valence-corrected chi connectivity index (χ1v) is 7.18. The first-order chi connectivity index (χ1) is 11.1. The lowest BCUT2D eigenvalue weighted by molar-refractivity contribution is -0.118. The van der Waals surface area contributed by atoms with Gasteiger partial charge in [-0.1, -0.05) is 13.0 Å². The van der Waals surface area contributed by atoms with Crippen LogP contribution in [0.1, 0.15) is 29.3 Å². The zero-order chi connectivity index (χ0) is 16.7. The van der Waals surface area contributed by atoms with Crippen molar-refractivity contribution in [2.24, 2.45) is 0 Å². The number of anilines is 1. The summed E-state index contributed by atoms with van der Waals surface area (Å²) < 4.78 is 5.38. The van der Waals surface area contributed by atoms with Gasteiger partial charge in [0.15, 0.2) is 12.4 Å². The Hall–Kier alpha value is -3.13. The van der Waals surface area contributed by atoms with Crippen molar-refractivity contribution in [3.05, 3.63) is 59.7 Å². The second-order valence-electron chi connectivity index (χ2n) is 4.83. The van der Waals surface area contributed by atoms with Crippen LogP contribution in [-0.2, 0) is 4.79 Å². The Balaban J connectivity index is 1.89. The molecule has 1 N–H and O–H groups in total. The normalized spacial score (nSPS) is 9.74. The second kappa shape index (κ2) is 7.76. The molecule has 116 valence electrons. The number of nitrogens with one attached hydrogen (secondary N) is 1. The van der Waals surface area contributed by atoms with E-state index in [1.165, 1.54) is 0 Å². The van der Waals surface area contributed by atoms with E-state index in [2.05, 4.69) is 5.32 Å². The zero-order valence-corrected chi connectivity index (χ0v) is 12.7. The number of ketones is 1. The summed E-state index contributed by atoms with van der Waals surface area (Å²) >= 11 is 0. The summed E-state index contributed by atoms with van der Waals surface area (Å²) in [5, 5.41) is 11.5. The molecular weight excluding hydrogens is 292 g/mol. The van der Waals surface area contributed by atoms with Crippen LogP contribution in [-0.4, -0.2) is 18.3 Å². The summed E-state index contributed by atoms with van der Waals surface area (Å²) in [6.07, 6.45) is 0.449. The third-order valence-electron chi connectivity index (χ3n) is 3.14. The van der Waals surface area contributed by atoms with Gasteiger partial charge in [0.25, 0.3) is 5.91 Å². The van der Waals surface area contributed by atoms with Crippen LogP contribution < -0.4 is 10.1 Å². The maximum Gasteiger partial charge on any atom is 0.262 e. The number of Topliss-reactive ketones (excluding diaryl/α,β-unsaturated/α-hetero) is 1. The Morgan fingerprint density at radius 3 is 2.57 bits per heavy atom. The van der Waals surface area contributed by atoms with Crippen LogP contribution in [0, 0.1) is 11.3 Å². The molecule has 23 heavy (non-hydrogen) atoms. The van der Waals surface area contributed by atoms with E-state index in [-0.39, 0.29) is 18.3 Å². The highest BCUT2D eigenvalue weighted by Crippen LogP contribution is 2.14. The number of rotatable bonds is 6. The van der Waals surface area contributed by atoms with Crippen molar-refractivity contribution in [1.29, 1.82) is 5.26 Å². The Morgan fingerprint density at radius 2 is 1.91 bits per heavy atom. The minimum Gasteiger partial charge on any atom is -0.484 e. The van der Waals surface area contributed by atoms with Gasteiger partial charge < -0.3 is 10.1 Å². The fraction of sp³-hybridized carbons (Fsp3) is 0.167. The van der Waals surface area contributed by atoms with Crippen molar-refractivity contribution in [1.82, 2.24) is 0 Å².